The van der Waals surface area contributed by atoms with Crippen molar-refractivity contribution in [2.45, 2.75) is 51.5 Å². The first-order valence-corrected chi connectivity index (χ1v) is 8.33. The molecule has 0 fully saturated rings. The molecule has 0 N–H and O–H groups in total. The van der Waals surface area contributed by atoms with Gasteiger partial charge in [-0.3, -0.25) is 0 Å². The van der Waals surface area contributed by atoms with Gasteiger partial charge in [0, 0.05) is 10.7 Å². The van der Waals surface area contributed by atoms with Gasteiger partial charge in [0.2, 0.25) is 0 Å². The number of rotatable bonds is 5. The van der Waals surface area contributed by atoms with Crippen LogP contribution in [0.4, 0.5) is 0 Å². The van der Waals surface area contributed by atoms with E-state index in [9.17, 15) is 8.42 Å². The summed E-state index contributed by atoms with van der Waals surface area (Å²) in [5, 5.41) is 0. The Bertz CT molecular complexity index is 519. The molecule has 18 heavy (non-hydrogen) atoms. The smallest absolute Gasteiger partial charge is 0.265 e. The molecule has 0 spiro atoms. The average molecular weight is 291 g/mol. The van der Waals surface area contributed by atoms with Crippen LogP contribution in [0.5, 0.6) is 5.75 Å². The molecular formula is C13H19ClO3S. The quantitative estimate of drug-likeness (QED) is 0.775. The van der Waals surface area contributed by atoms with Crippen LogP contribution in [0.15, 0.2) is 17.0 Å². The van der Waals surface area contributed by atoms with Crippen LogP contribution in [-0.4, -0.2) is 14.5 Å². The molecule has 0 bridgehead atoms. The Hall–Kier alpha value is -0.740. The molecule has 102 valence electrons. The van der Waals surface area contributed by atoms with Crippen LogP contribution >= 0.6 is 10.7 Å². The lowest BCUT2D eigenvalue weighted by Gasteiger charge is -2.19. The second-order valence-corrected chi connectivity index (χ2v) is 6.94. The van der Waals surface area contributed by atoms with Gasteiger partial charge in [-0.1, -0.05) is 19.9 Å². The Morgan fingerprint density at radius 2 is 1.78 bits per heavy atom. The van der Waals surface area contributed by atoms with Crippen LogP contribution in [0.3, 0.4) is 0 Å². The molecule has 0 radical (unpaired) electrons. The minimum absolute atomic E-state index is 0.00331. The van der Waals surface area contributed by atoms with E-state index in [0.29, 0.717) is 5.75 Å². The molecule has 0 aliphatic carbocycles. The number of halogens is 1. The summed E-state index contributed by atoms with van der Waals surface area (Å²) in [6, 6.07) is 3.44. The second kappa shape index (κ2) is 5.93. The molecule has 0 atom stereocenters. The Morgan fingerprint density at radius 3 is 2.22 bits per heavy atom. The molecule has 0 saturated heterocycles. The van der Waals surface area contributed by atoms with Gasteiger partial charge in [-0.15, -0.1) is 0 Å². The third kappa shape index (κ3) is 3.62. The first kappa shape index (κ1) is 15.3. The van der Waals surface area contributed by atoms with E-state index >= 15 is 0 Å². The second-order valence-electron chi connectivity index (χ2n) is 4.40. The number of hydrogen-bond acceptors (Lipinski definition) is 3. The third-order valence-corrected chi connectivity index (χ3v) is 4.17. The standard InChI is InChI=1S/C13H19ClO3S/c1-5-11(6-2)17-13-10(4)7-9(3)8-12(13)18(14,15)16/h7-8,11H,5-6H2,1-4H3. The van der Waals surface area contributed by atoms with Crippen molar-refractivity contribution in [1.29, 1.82) is 0 Å². The fraction of sp³-hybridized carbons (Fsp3) is 0.538. The van der Waals surface area contributed by atoms with Gasteiger partial charge in [0.15, 0.2) is 0 Å². The van der Waals surface area contributed by atoms with Gasteiger partial charge in [0.25, 0.3) is 9.05 Å². The molecular weight excluding hydrogens is 272 g/mol. The monoisotopic (exact) mass is 290 g/mol. The van der Waals surface area contributed by atoms with E-state index < -0.39 is 9.05 Å². The maximum atomic E-state index is 11.6. The molecule has 0 heterocycles. The fourth-order valence-electron chi connectivity index (χ4n) is 1.87. The number of benzene rings is 1. The van der Waals surface area contributed by atoms with Gasteiger partial charge in [-0.05, 0) is 43.9 Å². The summed E-state index contributed by atoms with van der Waals surface area (Å²) >= 11 is 0. The van der Waals surface area contributed by atoms with Crippen LogP contribution in [0.25, 0.3) is 0 Å². The van der Waals surface area contributed by atoms with Crippen LogP contribution in [-0.2, 0) is 9.05 Å². The van der Waals surface area contributed by atoms with E-state index in [-0.39, 0.29) is 11.0 Å². The number of aryl methyl sites for hydroxylation is 2. The lowest BCUT2D eigenvalue weighted by molar-refractivity contribution is 0.186. The summed E-state index contributed by atoms with van der Waals surface area (Å²) < 4.78 is 29.0. The normalized spacial score (nSPS) is 11.9. The minimum Gasteiger partial charge on any atom is -0.489 e. The molecule has 0 unspecified atom stereocenters. The van der Waals surface area contributed by atoms with Crippen molar-refractivity contribution in [2.75, 3.05) is 0 Å². The van der Waals surface area contributed by atoms with Crippen LogP contribution < -0.4 is 4.74 Å². The van der Waals surface area contributed by atoms with Crippen molar-refractivity contribution in [3.8, 4) is 5.75 Å². The van der Waals surface area contributed by atoms with Gasteiger partial charge >= 0.3 is 0 Å². The largest absolute Gasteiger partial charge is 0.489 e. The molecule has 3 nitrogen and oxygen atoms in total. The van der Waals surface area contributed by atoms with Crippen molar-refractivity contribution in [2.24, 2.45) is 0 Å². The van der Waals surface area contributed by atoms with Gasteiger partial charge in [-0.2, -0.15) is 0 Å². The molecule has 0 aromatic heterocycles. The molecule has 1 rings (SSSR count). The van der Waals surface area contributed by atoms with Gasteiger partial charge < -0.3 is 4.74 Å². The highest BCUT2D eigenvalue weighted by Gasteiger charge is 2.21. The summed E-state index contributed by atoms with van der Waals surface area (Å²) in [5.74, 6) is 0.379. The average Bonchev–Trinajstić information content (AvgIpc) is 2.26. The fourth-order valence-corrected chi connectivity index (χ4v) is 2.97. The summed E-state index contributed by atoms with van der Waals surface area (Å²) in [6.45, 7) is 7.68. The Morgan fingerprint density at radius 1 is 1.22 bits per heavy atom. The molecule has 1 aromatic rings. The Balaban J connectivity index is 3.33. The first-order valence-electron chi connectivity index (χ1n) is 6.02. The topological polar surface area (TPSA) is 43.4 Å². The highest BCUT2D eigenvalue weighted by molar-refractivity contribution is 8.13. The van der Waals surface area contributed by atoms with E-state index in [4.69, 9.17) is 15.4 Å². The van der Waals surface area contributed by atoms with Gasteiger partial charge in [0.05, 0.1) is 6.10 Å². The number of ether oxygens (including phenoxy) is 1. The third-order valence-electron chi connectivity index (χ3n) is 2.84. The number of hydrogen-bond donors (Lipinski definition) is 0. The minimum atomic E-state index is -3.79. The summed E-state index contributed by atoms with van der Waals surface area (Å²) in [6.07, 6.45) is 1.65. The SMILES string of the molecule is CCC(CC)Oc1c(C)cc(C)cc1S(=O)(=O)Cl. The van der Waals surface area contributed by atoms with Crippen LogP contribution in [0.1, 0.15) is 37.8 Å². The van der Waals surface area contributed by atoms with Crippen molar-refractivity contribution in [1.82, 2.24) is 0 Å². The lowest BCUT2D eigenvalue weighted by atomic mass is 10.1. The molecule has 0 saturated carbocycles. The van der Waals surface area contributed by atoms with Crippen molar-refractivity contribution < 1.29 is 13.2 Å². The molecule has 0 aliphatic rings. The summed E-state index contributed by atoms with van der Waals surface area (Å²) in [7, 11) is 1.68. The molecule has 1 aromatic carbocycles. The predicted molar refractivity (Wildman–Crippen MR) is 74.0 cm³/mol. The first-order chi connectivity index (χ1) is 8.29. The maximum absolute atomic E-state index is 11.6. The highest BCUT2D eigenvalue weighted by atomic mass is 35.7. The van der Waals surface area contributed by atoms with Crippen LogP contribution in [0.2, 0.25) is 0 Å². The van der Waals surface area contributed by atoms with E-state index in [1.165, 1.54) is 0 Å². The van der Waals surface area contributed by atoms with Crippen molar-refractivity contribution >= 4 is 19.7 Å². The summed E-state index contributed by atoms with van der Waals surface area (Å²) in [5.41, 5.74) is 1.64. The van der Waals surface area contributed by atoms with Gasteiger partial charge in [0.1, 0.15) is 10.6 Å². The Kier molecular flexibility index (Phi) is 5.05. The van der Waals surface area contributed by atoms with E-state index in [1.54, 1.807) is 6.07 Å². The zero-order chi connectivity index (χ0) is 13.9. The molecule has 0 amide bonds. The lowest BCUT2D eigenvalue weighted by Crippen LogP contribution is -2.16. The van der Waals surface area contributed by atoms with Gasteiger partial charge in [-0.25, -0.2) is 8.42 Å². The highest BCUT2D eigenvalue weighted by Crippen LogP contribution is 2.33. The van der Waals surface area contributed by atoms with Crippen molar-refractivity contribution in [3.63, 3.8) is 0 Å². The maximum Gasteiger partial charge on any atom is 0.265 e. The molecule has 5 heteroatoms. The zero-order valence-corrected chi connectivity index (χ0v) is 12.7. The van der Waals surface area contributed by atoms with E-state index in [0.717, 1.165) is 24.0 Å². The Labute approximate surface area is 114 Å². The van der Waals surface area contributed by atoms with Crippen molar-refractivity contribution in [3.05, 3.63) is 23.3 Å². The van der Waals surface area contributed by atoms with E-state index in [2.05, 4.69) is 0 Å². The zero-order valence-electron chi connectivity index (χ0n) is 11.2. The van der Waals surface area contributed by atoms with Crippen LogP contribution in [0, 0.1) is 13.8 Å². The van der Waals surface area contributed by atoms with E-state index in [1.807, 2.05) is 33.8 Å². The summed E-state index contributed by atoms with van der Waals surface area (Å²) in [4.78, 5) is 0.0635. The molecule has 0 aliphatic heterocycles. The predicted octanol–water partition coefficient (Wildman–Crippen LogP) is 3.80.